The molecule has 18 heavy (non-hydrogen) atoms. The number of fused-ring (bicyclic) bond motifs is 1. The normalized spacial score (nSPS) is 14.1. The van der Waals surface area contributed by atoms with Crippen LogP contribution < -0.4 is 10.2 Å². The predicted octanol–water partition coefficient (Wildman–Crippen LogP) is 3.54. The third-order valence-corrected chi connectivity index (χ3v) is 3.27. The van der Waals surface area contributed by atoms with E-state index >= 15 is 0 Å². The Morgan fingerprint density at radius 1 is 1.11 bits per heavy atom. The van der Waals surface area contributed by atoms with Crippen LogP contribution in [0.1, 0.15) is 5.56 Å². The first-order valence-corrected chi connectivity index (χ1v) is 6.07. The van der Waals surface area contributed by atoms with Crippen molar-refractivity contribution in [3.63, 3.8) is 0 Å². The molecule has 2 aromatic carbocycles. The van der Waals surface area contributed by atoms with E-state index in [2.05, 4.69) is 5.32 Å². The number of thiocarbonyl (C=S) groups is 1. The minimum atomic E-state index is -0.255. The standard InChI is InChI=1S/C14H11FN2S/c15-11-5-3-6-12(8-11)17-9-10-4-1-2-7-13(10)16-14(17)18/h1-8H,9H2,(H,16,18). The first-order chi connectivity index (χ1) is 8.74. The molecular weight excluding hydrogens is 247 g/mol. The fourth-order valence-corrected chi connectivity index (χ4v) is 2.34. The third-order valence-electron chi connectivity index (χ3n) is 2.95. The van der Waals surface area contributed by atoms with Crippen LogP contribution in [0, 0.1) is 5.82 Å². The van der Waals surface area contributed by atoms with Crippen molar-refractivity contribution >= 4 is 28.7 Å². The Balaban J connectivity index is 1.98. The highest BCUT2D eigenvalue weighted by atomic mass is 32.1. The van der Waals surface area contributed by atoms with Gasteiger partial charge in [-0.3, -0.25) is 0 Å². The van der Waals surface area contributed by atoms with E-state index in [0.29, 0.717) is 11.7 Å². The number of benzene rings is 2. The Kier molecular flexibility index (Phi) is 2.72. The number of anilines is 2. The summed E-state index contributed by atoms with van der Waals surface area (Å²) in [5.74, 6) is -0.255. The van der Waals surface area contributed by atoms with Crippen LogP contribution in [-0.4, -0.2) is 5.11 Å². The van der Waals surface area contributed by atoms with Crippen molar-refractivity contribution < 1.29 is 4.39 Å². The zero-order valence-electron chi connectivity index (χ0n) is 9.56. The van der Waals surface area contributed by atoms with E-state index in [1.54, 1.807) is 6.07 Å². The number of hydrogen-bond acceptors (Lipinski definition) is 1. The van der Waals surface area contributed by atoms with Gasteiger partial charge in [0.15, 0.2) is 5.11 Å². The molecule has 0 aromatic heterocycles. The largest absolute Gasteiger partial charge is 0.332 e. The monoisotopic (exact) mass is 258 g/mol. The van der Waals surface area contributed by atoms with Gasteiger partial charge in [0.25, 0.3) is 0 Å². The van der Waals surface area contributed by atoms with E-state index in [0.717, 1.165) is 16.9 Å². The fraction of sp³-hybridized carbons (Fsp3) is 0.0714. The average molecular weight is 258 g/mol. The molecule has 0 aliphatic carbocycles. The van der Waals surface area contributed by atoms with Gasteiger partial charge in [0.05, 0.1) is 6.54 Å². The zero-order chi connectivity index (χ0) is 12.5. The lowest BCUT2D eigenvalue weighted by Crippen LogP contribution is -2.38. The van der Waals surface area contributed by atoms with Gasteiger partial charge in [-0.2, -0.15) is 0 Å². The molecule has 3 rings (SSSR count). The van der Waals surface area contributed by atoms with E-state index in [-0.39, 0.29) is 5.82 Å². The lowest BCUT2D eigenvalue weighted by atomic mass is 10.1. The maximum Gasteiger partial charge on any atom is 0.178 e. The molecule has 0 atom stereocenters. The fourth-order valence-electron chi connectivity index (χ4n) is 2.06. The van der Waals surface area contributed by atoms with Crippen LogP contribution in [0.2, 0.25) is 0 Å². The summed E-state index contributed by atoms with van der Waals surface area (Å²) in [6.45, 7) is 0.658. The Morgan fingerprint density at radius 3 is 2.78 bits per heavy atom. The molecule has 2 nitrogen and oxygen atoms in total. The molecule has 90 valence electrons. The molecule has 1 heterocycles. The highest BCUT2D eigenvalue weighted by Gasteiger charge is 2.20. The molecule has 0 amide bonds. The first-order valence-electron chi connectivity index (χ1n) is 5.66. The predicted molar refractivity (Wildman–Crippen MR) is 75.2 cm³/mol. The molecule has 1 aliphatic rings. The van der Waals surface area contributed by atoms with Crippen LogP contribution in [0.25, 0.3) is 0 Å². The van der Waals surface area contributed by atoms with Crippen molar-refractivity contribution in [3.8, 4) is 0 Å². The zero-order valence-corrected chi connectivity index (χ0v) is 10.4. The van der Waals surface area contributed by atoms with Gasteiger partial charge in [0, 0.05) is 11.4 Å². The summed E-state index contributed by atoms with van der Waals surface area (Å²) < 4.78 is 13.3. The quantitative estimate of drug-likeness (QED) is 0.788. The lowest BCUT2D eigenvalue weighted by molar-refractivity contribution is 0.627. The number of hydrogen-bond donors (Lipinski definition) is 1. The second kappa shape index (κ2) is 4.38. The van der Waals surface area contributed by atoms with E-state index in [4.69, 9.17) is 12.2 Å². The molecule has 0 bridgehead atoms. The summed E-state index contributed by atoms with van der Waals surface area (Å²) in [5.41, 5.74) is 2.94. The second-order valence-corrected chi connectivity index (χ2v) is 4.54. The second-order valence-electron chi connectivity index (χ2n) is 4.15. The number of rotatable bonds is 1. The van der Waals surface area contributed by atoms with Gasteiger partial charge in [-0.25, -0.2) is 4.39 Å². The van der Waals surface area contributed by atoms with Crippen molar-refractivity contribution in [2.45, 2.75) is 6.54 Å². The summed E-state index contributed by atoms with van der Waals surface area (Å²) in [7, 11) is 0. The lowest BCUT2D eigenvalue weighted by Gasteiger charge is -2.31. The van der Waals surface area contributed by atoms with Crippen LogP contribution >= 0.6 is 12.2 Å². The molecule has 2 aromatic rings. The molecule has 0 radical (unpaired) electrons. The molecule has 0 saturated carbocycles. The van der Waals surface area contributed by atoms with Crippen molar-refractivity contribution in [1.82, 2.24) is 0 Å². The minimum absolute atomic E-state index is 0.255. The topological polar surface area (TPSA) is 15.3 Å². The molecular formula is C14H11FN2S. The van der Waals surface area contributed by atoms with E-state index < -0.39 is 0 Å². The maximum atomic E-state index is 13.3. The van der Waals surface area contributed by atoms with Crippen molar-refractivity contribution in [2.75, 3.05) is 10.2 Å². The van der Waals surface area contributed by atoms with Gasteiger partial charge in [-0.05, 0) is 42.0 Å². The smallest absolute Gasteiger partial charge is 0.178 e. The van der Waals surface area contributed by atoms with Crippen molar-refractivity contribution in [2.24, 2.45) is 0 Å². The SMILES string of the molecule is Fc1cccc(N2Cc3ccccc3NC2=S)c1. The Labute approximate surface area is 110 Å². The molecule has 0 fully saturated rings. The van der Waals surface area contributed by atoms with Crippen molar-refractivity contribution in [1.29, 1.82) is 0 Å². The Morgan fingerprint density at radius 2 is 1.94 bits per heavy atom. The molecule has 4 heteroatoms. The summed E-state index contributed by atoms with van der Waals surface area (Å²) in [6.07, 6.45) is 0. The Bertz CT molecular complexity index is 612. The summed E-state index contributed by atoms with van der Waals surface area (Å²) in [6, 6.07) is 14.4. The van der Waals surface area contributed by atoms with Gasteiger partial charge in [0.1, 0.15) is 5.82 Å². The number of nitrogens with zero attached hydrogens (tertiary/aromatic N) is 1. The summed E-state index contributed by atoms with van der Waals surface area (Å²) in [4.78, 5) is 1.89. The molecule has 1 N–H and O–H groups in total. The maximum absolute atomic E-state index is 13.3. The Hall–Kier alpha value is -1.94. The van der Waals surface area contributed by atoms with Crippen molar-refractivity contribution in [3.05, 3.63) is 59.9 Å². The number of halogens is 1. The van der Waals surface area contributed by atoms with Gasteiger partial charge in [0.2, 0.25) is 0 Å². The van der Waals surface area contributed by atoms with Crippen LogP contribution in [0.5, 0.6) is 0 Å². The van der Waals surface area contributed by atoms with Crippen LogP contribution in [0.4, 0.5) is 15.8 Å². The highest BCUT2D eigenvalue weighted by Crippen LogP contribution is 2.27. The summed E-state index contributed by atoms with van der Waals surface area (Å²) >= 11 is 5.32. The number of para-hydroxylation sites is 1. The van der Waals surface area contributed by atoms with Gasteiger partial charge >= 0.3 is 0 Å². The molecule has 0 saturated heterocycles. The minimum Gasteiger partial charge on any atom is -0.332 e. The number of nitrogens with one attached hydrogen (secondary N) is 1. The van der Waals surface area contributed by atoms with Gasteiger partial charge < -0.3 is 10.2 Å². The first kappa shape index (κ1) is 11.2. The highest BCUT2D eigenvalue weighted by molar-refractivity contribution is 7.80. The average Bonchev–Trinajstić information content (AvgIpc) is 2.38. The van der Waals surface area contributed by atoms with Gasteiger partial charge in [-0.15, -0.1) is 0 Å². The van der Waals surface area contributed by atoms with Crippen LogP contribution in [0.15, 0.2) is 48.5 Å². The molecule has 0 spiro atoms. The van der Waals surface area contributed by atoms with Crippen LogP contribution in [0.3, 0.4) is 0 Å². The molecule has 0 unspecified atom stereocenters. The van der Waals surface area contributed by atoms with Crippen LogP contribution in [-0.2, 0) is 6.54 Å². The third kappa shape index (κ3) is 1.95. The van der Waals surface area contributed by atoms with E-state index in [1.807, 2.05) is 35.2 Å². The summed E-state index contributed by atoms with van der Waals surface area (Å²) in [5, 5.41) is 3.76. The molecule has 1 aliphatic heterocycles. The van der Waals surface area contributed by atoms with Gasteiger partial charge in [-0.1, -0.05) is 24.3 Å². The van der Waals surface area contributed by atoms with E-state index in [9.17, 15) is 4.39 Å². The van der Waals surface area contributed by atoms with E-state index in [1.165, 1.54) is 12.1 Å².